The molecular weight excluding hydrogens is 396 g/mol. The van der Waals surface area contributed by atoms with E-state index in [0.717, 1.165) is 17.1 Å². The van der Waals surface area contributed by atoms with Gasteiger partial charge in [0.05, 0.1) is 33.8 Å². The maximum absolute atomic E-state index is 13.0. The normalized spacial score (nSPS) is 12.8. The Morgan fingerprint density at radius 1 is 0.833 bits per heavy atom. The van der Waals surface area contributed by atoms with E-state index in [-0.39, 0.29) is 21.9 Å². The van der Waals surface area contributed by atoms with Gasteiger partial charge >= 0.3 is 0 Å². The number of carbonyl (C=O) groups excluding carboxylic acids is 2. The molecule has 1 heterocycles. The number of carbonyl (C=O) groups is 2. The lowest BCUT2D eigenvalue weighted by molar-refractivity contribution is -0.390. The Balaban J connectivity index is 1.93. The Morgan fingerprint density at radius 3 is 1.87 bits per heavy atom. The molecule has 1 N–H and O–H groups in total. The molecular formula is C19H12N4O7. The summed E-state index contributed by atoms with van der Waals surface area (Å²) in [5.41, 5.74) is 1.77. The van der Waals surface area contributed by atoms with E-state index in [0.29, 0.717) is 11.4 Å². The monoisotopic (exact) mass is 408 g/mol. The highest BCUT2D eigenvalue weighted by Gasteiger charge is 2.38. The highest BCUT2D eigenvalue weighted by atomic mass is 16.6. The van der Waals surface area contributed by atoms with Crippen molar-refractivity contribution in [3.8, 4) is 5.75 Å². The van der Waals surface area contributed by atoms with Gasteiger partial charge in [0.1, 0.15) is 11.1 Å². The molecule has 0 fully saturated rings. The summed E-state index contributed by atoms with van der Waals surface area (Å²) < 4.78 is 5.21. The van der Waals surface area contributed by atoms with E-state index in [2.05, 4.69) is 5.43 Å². The van der Waals surface area contributed by atoms with Crippen LogP contribution in [0.1, 0.15) is 20.7 Å². The predicted molar refractivity (Wildman–Crippen MR) is 104 cm³/mol. The number of hydrogen-bond donors (Lipinski definition) is 1. The SMILES string of the molecule is COc1ccccc1NN1C(=O)c2ccc([N+](=O)[O-])c3c([N+](=O)[O-])ccc(c23)C1=O. The van der Waals surface area contributed by atoms with Crippen LogP contribution in [0.3, 0.4) is 0 Å². The number of hydrazine groups is 1. The summed E-state index contributed by atoms with van der Waals surface area (Å²) >= 11 is 0. The molecule has 0 saturated carbocycles. The third-order valence-corrected chi connectivity index (χ3v) is 4.72. The van der Waals surface area contributed by atoms with Gasteiger partial charge in [-0.1, -0.05) is 12.1 Å². The van der Waals surface area contributed by atoms with Crippen LogP contribution in [0.25, 0.3) is 10.8 Å². The van der Waals surface area contributed by atoms with Crippen LogP contribution >= 0.6 is 0 Å². The van der Waals surface area contributed by atoms with Gasteiger partial charge in [0, 0.05) is 17.5 Å². The minimum Gasteiger partial charge on any atom is -0.495 e. The molecule has 30 heavy (non-hydrogen) atoms. The Morgan fingerprint density at radius 2 is 1.37 bits per heavy atom. The van der Waals surface area contributed by atoms with E-state index < -0.39 is 33.0 Å². The van der Waals surface area contributed by atoms with E-state index in [4.69, 9.17) is 4.74 Å². The second-order valence-electron chi connectivity index (χ2n) is 6.29. The van der Waals surface area contributed by atoms with Crippen molar-refractivity contribution in [2.24, 2.45) is 0 Å². The summed E-state index contributed by atoms with van der Waals surface area (Å²) in [6.45, 7) is 0. The first-order chi connectivity index (χ1) is 14.3. The van der Waals surface area contributed by atoms with Crippen LogP contribution in [-0.2, 0) is 0 Å². The maximum Gasteiger partial charge on any atom is 0.284 e. The third-order valence-electron chi connectivity index (χ3n) is 4.72. The number of nitro groups is 2. The van der Waals surface area contributed by atoms with Gasteiger partial charge in [-0.15, -0.1) is 0 Å². The van der Waals surface area contributed by atoms with Crippen molar-refractivity contribution >= 4 is 39.6 Å². The van der Waals surface area contributed by atoms with Gasteiger partial charge in [-0.05, 0) is 24.3 Å². The van der Waals surface area contributed by atoms with Gasteiger partial charge in [0.15, 0.2) is 0 Å². The molecule has 1 aliphatic rings. The summed E-state index contributed by atoms with van der Waals surface area (Å²) in [6, 6.07) is 11.0. The average molecular weight is 408 g/mol. The fourth-order valence-corrected chi connectivity index (χ4v) is 3.41. The zero-order valence-corrected chi connectivity index (χ0v) is 15.3. The van der Waals surface area contributed by atoms with E-state index in [9.17, 15) is 29.8 Å². The number of nitrogens with one attached hydrogen (secondary N) is 1. The fraction of sp³-hybridized carbons (Fsp3) is 0.0526. The second-order valence-corrected chi connectivity index (χ2v) is 6.29. The van der Waals surface area contributed by atoms with E-state index in [1.807, 2.05) is 0 Å². The smallest absolute Gasteiger partial charge is 0.284 e. The molecule has 0 unspecified atom stereocenters. The number of hydrogen-bond acceptors (Lipinski definition) is 8. The minimum absolute atomic E-state index is 0.0729. The number of anilines is 1. The van der Waals surface area contributed by atoms with Gasteiger partial charge in [0.2, 0.25) is 0 Å². The molecule has 150 valence electrons. The Labute approximate surface area is 167 Å². The third kappa shape index (κ3) is 2.68. The molecule has 0 aromatic heterocycles. The zero-order chi connectivity index (χ0) is 21.6. The largest absolute Gasteiger partial charge is 0.495 e. The van der Waals surface area contributed by atoms with Crippen molar-refractivity contribution in [2.45, 2.75) is 0 Å². The average Bonchev–Trinajstić information content (AvgIpc) is 2.74. The lowest BCUT2D eigenvalue weighted by Gasteiger charge is -2.28. The molecule has 0 atom stereocenters. The van der Waals surface area contributed by atoms with Gasteiger partial charge in [-0.25, -0.2) is 0 Å². The van der Waals surface area contributed by atoms with Crippen molar-refractivity contribution in [3.63, 3.8) is 0 Å². The lowest BCUT2D eigenvalue weighted by atomic mass is 9.92. The fourth-order valence-electron chi connectivity index (χ4n) is 3.41. The number of nitro benzene ring substituents is 2. The summed E-state index contributed by atoms with van der Waals surface area (Å²) in [4.78, 5) is 47.4. The Hall–Kier alpha value is -4.54. The number of benzene rings is 3. The molecule has 0 bridgehead atoms. The molecule has 2 amide bonds. The van der Waals surface area contributed by atoms with Crippen LogP contribution in [0.4, 0.5) is 17.1 Å². The summed E-state index contributed by atoms with van der Waals surface area (Å²) in [5.74, 6) is -1.24. The van der Waals surface area contributed by atoms with Crippen LogP contribution in [0.15, 0.2) is 48.5 Å². The van der Waals surface area contributed by atoms with E-state index in [1.54, 1.807) is 24.3 Å². The number of non-ortho nitro benzene ring substituents is 2. The summed E-state index contributed by atoms with van der Waals surface area (Å²) in [5, 5.41) is 23.1. The topological polar surface area (TPSA) is 145 Å². The Bertz CT molecular complexity index is 1200. The van der Waals surface area contributed by atoms with Gasteiger partial charge in [-0.3, -0.25) is 35.2 Å². The van der Waals surface area contributed by atoms with Crippen LogP contribution in [-0.4, -0.2) is 33.8 Å². The van der Waals surface area contributed by atoms with Gasteiger partial charge in [0.25, 0.3) is 23.2 Å². The first kappa shape index (κ1) is 18.8. The highest BCUT2D eigenvalue weighted by Crippen LogP contribution is 2.40. The van der Waals surface area contributed by atoms with Crippen molar-refractivity contribution in [1.29, 1.82) is 0 Å². The quantitative estimate of drug-likeness (QED) is 0.384. The summed E-state index contributed by atoms with van der Waals surface area (Å²) in [7, 11) is 1.43. The lowest BCUT2D eigenvalue weighted by Crippen LogP contribution is -2.44. The number of ether oxygens (including phenoxy) is 1. The number of rotatable bonds is 5. The molecule has 11 heteroatoms. The molecule has 3 aromatic rings. The molecule has 0 radical (unpaired) electrons. The van der Waals surface area contributed by atoms with Crippen molar-refractivity contribution in [3.05, 3.63) is 79.9 Å². The number of methoxy groups -OCH3 is 1. The van der Waals surface area contributed by atoms with E-state index in [1.165, 1.54) is 19.2 Å². The van der Waals surface area contributed by atoms with Crippen LogP contribution in [0.2, 0.25) is 0 Å². The molecule has 11 nitrogen and oxygen atoms in total. The molecule has 4 rings (SSSR count). The first-order valence-corrected chi connectivity index (χ1v) is 8.52. The molecule has 0 aliphatic carbocycles. The number of nitrogens with zero attached hydrogens (tertiary/aromatic N) is 3. The number of para-hydroxylation sites is 2. The predicted octanol–water partition coefficient (Wildman–Crippen LogP) is 3.29. The molecule has 0 saturated heterocycles. The van der Waals surface area contributed by atoms with Crippen molar-refractivity contribution in [2.75, 3.05) is 12.5 Å². The van der Waals surface area contributed by atoms with Crippen molar-refractivity contribution in [1.82, 2.24) is 5.01 Å². The van der Waals surface area contributed by atoms with Crippen LogP contribution in [0.5, 0.6) is 5.75 Å². The zero-order valence-electron chi connectivity index (χ0n) is 15.3. The summed E-state index contributed by atoms with van der Waals surface area (Å²) in [6.07, 6.45) is 0. The second kappa shape index (κ2) is 6.81. The first-order valence-electron chi connectivity index (χ1n) is 8.52. The van der Waals surface area contributed by atoms with Crippen LogP contribution in [0, 0.1) is 20.2 Å². The van der Waals surface area contributed by atoms with Gasteiger partial charge < -0.3 is 4.74 Å². The molecule has 0 spiro atoms. The van der Waals surface area contributed by atoms with Crippen LogP contribution < -0.4 is 10.2 Å². The molecule has 3 aromatic carbocycles. The minimum atomic E-state index is -0.807. The molecule has 1 aliphatic heterocycles. The standard InChI is InChI=1S/C19H12N4O7/c1-30-15-5-3-2-4-12(15)20-21-18(24)10-6-8-13(22(26)27)17-14(23(28)29)9-7-11(16(10)17)19(21)25/h2-9,20H,1H3. The maximum atomic E-state index is 13.0. The van der Waals surface area contributed by atoms with Crippen molar-refractivity contribution < 1.29 is 24.2 Å². The highest BCUT2D eigenvalue weighted by molar-refractivity contribution is 6.28. The van der Waals surface area contributed by atoms with Gasteiger partial charge in [-0.2, -0.15) is 5.01 Å². The number of amides is 2. The Kier molecular flexibility index (Phi) is 4.27. The number of imide groups is 1. The van der Waals surface area contributed by atoms with E-state index >= 15 is 0 Å².